The van der Waals surface area contributed by atoms with Crippen molar-refractivity contribution >= 4 is 34.4 Å². The highest BCUT2D eigenvalue weighted by molar-refractivity contribution is 7.80. The van der Waals surface area contributed by atoms with E-state index in [0.29, 0.717) is 18.1 Å². The zero-order valence-corrected chi connectivity index (χ0v) is 12.7. The lowest BCUT2D eigenvalue weighted by Crippen LogP contribution is -2.31. The molecule has 0 saturated heterocycles. The molecule has 0 spiro atoms. The predicted octanol–water partition coefficient (Wildman–Crippen LogP) is 2.37. The standard InChI is InChI=1S/C15H17N5S/c1-2-17-15(21)19-18-10-12-11-20(9-5-8-16)14-7-4-3-6-13(12)14/h3-4,6-7,10-11H,2,5,9H2,1H3,(H2,17,19,21)/b18-10-. The molecule has 0 aliphatic carbocycles. The van der Waals surface area contributed by atoms with Crippen LogP contribution in [0.25, 0.3) is 10.9 Å². The van der Waals surface area contributed by atoms with Crippen LogP contribution in [0.3, 0.4) is 0 Å². The maximum Gasteiger partial charge on any atom is 0.186 e. The maximum absolute atomic E-state index is 8.74. The van der Waals surface area contributed by atoms with Crippen molar-refractivity contribution in [1.82, 2.24) is 15.3 Å². The molecule has 0 unspecified atom stereocenters. The molecule has 6 heteroatoms. The van der Waals surface area contributed by atoms with Crippen molar-refractivity contribution in [3.8, 4) is 6.07 Å². The summed E-state index contributed by atoms with van der Waals surface area (Å²) in [4.78, 5) is 0. The molecule has 0 amide bonds. The third-order valence-electron chi connectivity index (χ3n) is 2.99. The molecule has 0 aliphatic rings. The van der Waals surface area contributed by atoms with Crippen molar-refractivity contribution < 1.29 is 0 Å². The second-order valence-electron chi connectivity index (χ2n) is 4.43. The lowest BCUT2D eigenvalue weighted by atomic mass is 10.2. The third-order valence-corrected chi connectivity index (χ3v) is 3.23. The lowest BCUT2D eigenvalue weighted by Gasteiger charge is -2.02. The number of benzene rings is 1. The summed E-state index contributed by atoms with van der Waals surface area (Å²) in [5.74, 6) is 0. The van der Waals surface area contributed by atoms with E-state index in [1.165, 1.54) is 0 Å². The molecule has 1 heterocycles. The summed E-state index contributed by atoms with van der Waals surface area (Å²) in [7, 11) is 0. The highest BCUT2D eigenvalue weighted by Gasteiger charge is 2.05. The van der Waals surface area contributed by atoms with Crippen LogP contribution < -0.4 is 10.7 Å². The second-order valence-corrected chi connectivity index (χ2v) is 4.84. The van der Waals surface area contributed by atoms with E-state index in [1.54, 1.807) is 6.21 Å². The van der Waals surface area contributed by atoms with Crippen molar-refractivity contribution in [3.05, 3.63) is 36.0 Å². The molecule has 0 saturated carbocycles. The molecule has 0 bridgehead atoms. The number of nitrogens with one attached hydrogen (secondary N) is 2. The Bertz CT molecular complexity index is 696. The van der Waals surface area contributed by atoms with Crippen LogP contribution in [-0.2, 0) is 6.54 Å². The topological polar surface area (TPSA) is 65.1 Å². The molecule has 2 rings (SSSR count). The van der Waals surface area contributed by atoms with Gasteiger partial charge in [-0.3, -0.25) is 5.43 Å². The summed E-state index contributed by atoms with van der Waals surface area (Å²) in [6.07, 6.45) is 4.23. The maximum atomic E-state index is 8.74. The summed E-state index contributed by atoms with van der Waals surface area (Å²) < 4.78 is 2.07. The molecular formula is C15H17N5S. The van der Waals surface area contributed by atoms with Gasteiger partial charge in [0.05, 0.1) is 18.7 Å². The monoisotopic (exact) mass is 299 g/mol. The minimum Gasteiger partial charge on any atom is -0.362 e. The number of hydrogen-bond donors (Lipinski definition) is 2. The quantitative estimate of drug-likeness (QED) is 0.505. The Hall–Kier alpha value is -2.39. The minimum atomic E-state index is 0.484. The van der Waals surface area contributed by atoms with Crippen LogP contribution >= 0.6 is 12.2 Å². The average Bonchev–Trinajstić information content (AvgIpc) is 2.84. The van der Waals surface area contributed by atoms with Gasteiger partial charge in [-0.15, -0.1) is 0 Å². The fourth-order valence-electron chi connectivity index (χ4n) is 2.09. The largest absolute Gasteiger partial charge is 0.362 e. The van der Waals surface area contributed by atoms with E-state index < -0.39 is 0 Å². The van der Waals surface area contributed by atoms with Crippen molar-refractivity contribution in [3.63, 3.8) is 0 Å². The first kappa shape index (κ1) is 15.0. The van der Waals surface area contributed by atoms with Gasteiger partial charge in [-0.25, -0.2) is 0 Å². The summed E-state index contributed by atoms with van der Waals surface area (Å²) in [6.45, 7) is 3.41. The van der Waals surface area contributed by atoms with E-state index in [9.17, 15) is 0 Å². The number of aromatic nitrogens is 1. The van der Waals surface area contributed by atoms with Crippen LogP contribution in [0.5, 0.6) is 0 Å². The van der Waals surface area contributed by atoms with Crippen LogP contribution in [0.4, 0.5) is 0 Å². The van der Waals surface area contributed by atoms with Crippen molar-refractivity contribution in [2.24, 2.45) is 5.10 Å². The van der Waals surface area contributed by atoms with Gasteiger partial charge in [-0.2, -0.15) is 10.4 Å². The normalized spacial score (nSPS) is 10.7. The van der Waals surface area contributed by atoms with Crippen LogP contribution in [0, 0.1) is 11.3 Å². The van der Waals surface area contributed by atoms with E-state index in [4.69, 9.17) is 17.5 Å². The highest BCUT2D eigenvalue weighted by Crippen LogP contribution is 2.20. The molecule has 0 radical (unpaired) electrons. The van der Waals surface area contributed by atoms with Crippen molar-refractivity contribution in [2.45, 2.75) is 19.9 Å². The molecule has 108 valence electrons. The molecule has 2 aromatic rings. The van der Waals surface area contributed by atoms with Crippen LogP contribution in [0.1, 0.15) is 18.9 Å². The highest BCUT2D eigenvalue weighted by atomic mass is 32.1. The van der Waals surface area contributed by atoms with Gasteiger partial charge in [-0.1, -0.05) is 18.2 Å². The van der Waals surface area contributed by atoms with Gasteiger partial charge in [0.2, 0.25) is 0 Å². The number of rotatable bonds is 5. The molecule has 5 nitrogen and oxygen atoms in total. The molecule has 1 aromatic carbocycles. The Balaban J connectivity index is 2.21. The van der Waals surface area contributed by atoms with Gasteiger partial charge < -0.3 is 9.88 Å². The minimum absolute atomic E-state index is 0.484. The number of hydrogen-bond acceptors (Lipinski definition) is 3. The molecule has 1 aromatic heterocycles. The van der Waals surface area contributed by atoms with Gasteiger partial charge in [-0.05, 0) is 25.2 Å². The van der Waals surface area contributed by atoms with Gasteiger partial charge in [0.15, 0.2) is 5.11 Å². The SMILES string of the molecule is CCNC(=S)N/N=C\c1cn(CCC#N)c2ccccc12. The molecule has 21 heavy (non-hydrogen) atoms. The number of aryl methyl sites for hydroxylation is 1. The Kier molecular flexibility index (Phi) is 5.29. The fraction of sp³-hybridized carbons (Fsp3) is 0.267. The molecule has 2 N–H and O–H groups in total. The summed E-state index contributed by atoms with van der Waals surface area (Å²) >= 11 is 5.05. The summed E-state index contributed by atoms with van der Waals surface area (Å²) in [6, 6.07) is 10.2. The smallest absolute Gasteiger partial charge is 0.186 e. The van der Waals surface area contributed by atoms with Crippen molar-refractivity contribution in [2.75, 3.05) is 6.54 Å². The predicted molar refractivity (Wildman–Crippen MR) is 89.2 cm³/mol. The van der Waals surface area contributed by atoms with Gasteiger partial charge in [0.1, 0.15) is 0 Å². The zero-order chi connectivity index (χ0) is 15.1. The number of hydrazone groups is 1. The third kappa shape index (κ3) is 3.80. The van der Waals surface area contributed by atoms with Crippen LogP contribution in [-0.4, -0.2) is 22.4 Å². The Morgan fingerprint density at radius 1 is 1.48 bits per heavy atom. The number of fused-ring (bicyclic) bond motifs is 1. The van der Waals surface area contributed by atoms with Crippen LogP contribution in [0.2, 0.25) is 0 Å². The van der Waals surface area contributed by atoms with Crippen molar-refractivity contribution in [1.29, 1.82) is 5.26 Å². The molecular weight excluding hydrogens is 282 g/mol. The summed E-state index contributed by atoms with van der Waals surface area (Å²) in [5, 5.41) is 17.5. The molecule has 0 atom stereocenters. The van der Waals surface area contributed by atoms with E-state index in [1.807, 2.05) is 37.4 Å². The summed E-state index contributed by atoms with van der Waals surface area (Å²) in [5.41, 5.74) is 4.87. The Morgan fingerprint density at radius 3 is 3.05 bits per heavy atom. The van der Waals surface area contributed by atoms with E-state index in [0.717, 1.165) is 23.0 Å². The van der Waals surface area contributed by atoms with Gasteiger partial charge >= 0.3 is 0 Å². The Labute approximate surface area is 129 Å². The van der Waals surface area contributed by atoms with E-state index in [-0.39, 0.29) is 0 Å². The fourth-order valence-corrected chi connectivity index (χ4v) is 2.29. The van der Waals surface area contributed by atoms with E-state index in [2.05, 4.69) is 26.5 Å². The van der Waals surface area contributed by atoms with Gasteiger partial charge in [0.25, 0.3) is 0 Å². The van der Waals surface area contributed by atoms with Gasteiger partial charge in [0, 0.05) is 35.8 Å². The molecule has 0 fully saturated rings. The van der Waals surface area contributed by atoms with Crippen LogP contribution in [0.15, 0.2) is 35.6 Å². The first-order valence-corrected chi connectivity index (χ1v) is 7.18. The zero-order valence-electron chi connectivity index (χ0n) is 11.8. The lowest BCUT2D eigenvalue weighted by molar-refractivity contribution is 0.744. The number of thiocarbonyl (C=S) groups is 1. The number of nitriles is 1. The average molecular weight is 299 g/mol. The van der Waals surface area contributed by atoms with E-state index >= 15 is 0 Å². The number of para-hydroxylation sites is 1. The Morgan fingerprint density at radius 2 is 2.29 bits per heavy atom. The first-order valence-electron chi connectivity index (χ1n) is 6.78. The molecule has 0 aliphatic heterocycles. The second kappa shape index (κ2) is 7.41. The first-order chi connectivity index (χ1) is 10.3. The number of nitrogens with zero attached hydrogens (tertiary/aromatic N) is 3.